The number of aliphatic hydroxyl groups is 3. The summed E-state index contributed by atoms with van der Waals surface area (Å²) in [5, 5.41) is 32.6. The predicted molar refractivity (Wildman–Crippen MR) is 116 cm³/mol. The number of amidine groups is 1. The van der Waals surface area contributed by atoms with E-state index in [0.717, 1.165) is 16.3 Å². The molecule has 2 aromatic rings. The van der Waals surface area contributed by atoms with Gasteiger partial charge in [0.05, 0.1) is 17.3 Å². The van der Waals surface area contributed by atoms with Crippen molar-refractivity contribution in [2.45, 2.75) is 36.6 Å². The third kappa shape index (κ3) is 3.49. The molecule has 5 atom stereocenters. The molecule has 0 saturated carbocycles. The molecular weight excluding hydrogens is 420 g/mol. The second-order valence-corrected chi connectivity index (χ2v) is 8.58. The molecule has 3 aliphatic rings. The molecule has 0 amide bonds. The van der Waals surface area contributed by atoms with Gasteiger partial charge in [0.1, 0.15) is 37.0 Å². The third-order valence-electron chi connectivity index (χ3n) is 5.61. The number of hydrogen-bond donors (Lipinski definition) is 4. The summed E-state index contributed by atoms with van der Waals surface area (Å²) in [6.07, 6.45) is -2.48. The van der Waals surface area contributed by atoms with Gasteiger partial charge in [0.2, 0.25) is 0 Å². The number of rotatable bonds is 5. The molecule has 0 bridgehead atoms. The fourth-order valence-corrected chi connectivity index (χ4v) is 4.86. The van der Waals surface area contributed by atoms with E-state index in [4.69, 9.17) is 15.5 Å². The SMILES string of the molecule is NC1(Cc2nc(-c3ccccc3)cs2)N=CN=C2C1=NCN2[C@@H]1O[C@H](CO)[C@@H](O)[C@H]1O. The number of aliphatic imine (C=N–C) groups is 3. The minimum Gasteiger partial charge on any atom is -0.394 e. The van der Waals surface area contributed by atoms with Crippen LogP contribution in [-0.2, 0) is 11.2 Å². The van der Waals surface area contributed by atoms with Crippen LogP contribution in [-0.4, -0.2) is 86.6 Å². The van der Waals surface area contributed by atoms with Gasteiger partial charge < -0.3 is 30.7 Å². The van der Waals surface area contributed by atoms with Gasteiger partial charge in [-0.2, -0.15) is 0 Å². The highest BCUT2D eigenvalue weighted by molar-refractivity contribution is 7.10. The third-order valence-corrected chi connectivity index (χ3v) is 6.46. The van der Waals surface area contributed by atoms with E-state index >= 15 is 0 Å². The fraction of sp³-hybridized carbons (Fsp3) is 0.400. The molecule has 0 spiro atoms. The second kappa shape index (κ2) is 7.86. The lowest BCUT2D eigenvalue weighted by Crippen LogP contribution is -2.56. The highest BCUT2D eigenvalue weighted by atomic mass is 32.1. The van der Waals surface area contributed by atoms with E-state index in [1.807, 2.05) is 35.7 Å². The average Bonchev–Trinajstić information content (AvgIpc) is 3.48. The maximum Gasteiger partial charge on any atom is 0.162 e. The summed E-state index contributed by atoms with van der Waals surface area (Å²) in [5.74, 6) is 0.437. The molecule has 162 valence electrons. The molecule has 1 fully saturated rings. The highest BCUT2D eigenvalue weighted by Crippen LogP contribution is 2.31. The van der Waals surface area contributed by atoms with Crippen LogP contribution in [0.2, 0.25) is 0 Å². The van der Waals surface area contributed by atoms with Crippen LogP contribution in [0.15, 0.2) is 50.7 Å². The Hall–Kier alpha value is -2.54. The first-order valence-electron chi connectivity index (χ1n) is 9.85. The van der Waals surface area contributed by atoms with Gasteiger partial charge in [0, 0.05) is 17.4 Å². The first kappa shape index (κ1) is 20.4. The molecule has 5 N–H and O–H groups in total. The van der Waals surface area contributed by atoms with Crippen molar-refractivity contribution in [1.82, 2.24) is 9.88 Å². The second-order valence-electron chi connectivity index (χ2n) is 7.64. The molecule has 3 aliphatic heterocycles. The van der Waals surface area contributed by atoms with Crippen LogP contribution < -0.4 is 5.73 Å². The van der Waals surface area contributed by atoms with Crippen molar-refractivity contribution in [3.63, 3.8) is 0 Å². The van der Waals surface area contributed by atoms with Crippen molar-refractivity contribution in [2.24, 2.45) is 20.7 Å². The average molecular weight is 443 g/mol. The Balaban J connectivity index is 1.35. The summed E-state index contributed by atoms with van der Waals surface area (Å²) in [4.78, 5) is 19.5. The Kier molecular flexibility index (Phi) is 5.16. The van der Waals surface area contributed by atoms with E-state index in [0.29, 0.717) is 18.0 Å². The summed E-state index contributed by atoms with van der Waals surface area (Å²) in [7, 11) is 0. The summed E-state index contributed by atoms with van der Waals surface area (Å²) < 4.78 is 5.63. The van der Waals surface area contributed by atoms with Crippen molar-refractivity contribution in [3.8, 4) is 11.3 Å². The summed E-state index contributed by atoms with van der Waals surface area (Å²) in [6.45, 7) is -0.255. The van der Waals surface area contributed by atoms with E-state index in [-0.39, 0.29) is 6.67 Å². The van der Waals surface area contributed by atoms with Crippen LogP contribution in [0.5, 0.6) is 0 Å². The lowest BCUT2D eigenvalue weighted by molar-refractivity contribution is -0.0688. The van der Waals surface area contributed by atoms with Crippen LogP contribution in [0.3, 0.4) is 0 Å². The number of thiazole rings is 1. The zero-order chi connectivity index (χ0) is 21.6. The molecule has 5 rings (SSSR count). The number of aromatic nitrogens is 1. The standard InChI is InChI=1S/C20H22N6O4S/c21-20(6-14-25-12(8-31-14)11-4-2-1-3-5-11)17-18(22-9-24-20)26(10-23-17)19-16(29)15(28)13(7-27)30-19/h1-5,8-9,13,15-16,19,27-29H,6-7,10,21H2/t13-,15-,16-,19-,20?/m1/s1. The summed E-state index contributed by atoms with van der Waals surface area (Å²) >= 11 is 1.50. The first-order chi connectivity index (χ1) is 15.0. The number of nitrogens with two attached hydrogens (primary N) is 1. The molecular formula is C20H22N6O4S. The smallest absolute Gasteiger partial charge is 0.162 e. The lowest BCUT2D eigenvalue weighted by Gasteiger charge is -2.32. The Morgan fingerprint density at radius 3 is 2.77 bits per heavy atom. The lowest BCUT2D eigenvalue weighted by atomic mass is 9.99. The van der Waals surface area contributed by atoms with Crippen LogP contribution in [0.4, 0.5) is 0 Å². The van der Waals surface area contributed by atoms with Gasteiger partial charge in [-0.1, -0.05) is 30.3 Å². The molecule has 11 heteroatoms. The van der Waals surface area contributed by atoms with E-state index < -0.39 is 36.8 Å². The number of nitrogens with zero attached hydrogens (tertiary/aromatic N) is 5. The van der Waals surface area contributed by atoms with E-state index in [2.05, 4.69) is 15.0 Å². The zero-order valence-electron chi connectivity index (χ0n) is 16.4. The number of benzene rings is 1. The molecule has 1 saturated heterocycles. The van der Waals surface area contributed by atoms with Gasteiger partial charge in [-0.05, 0) is 0 Å². The van der Waals surface area contributed by atoms with Gasteiger partial charge >= 0.3 is 0 Å². The fourth-order valence-electron chi connectivity index (χ4n) is 3.97. The number of fused-ring (bicyclic) bond motifs is 1. The number of ether oxygens (including phenoxy) is 1. The van der Waals surface area contributed by atoms with Crippen molar-refractivity contribution in [2.75, 3.05) is 13.3 Å². The van der Waals surface area contributed by atoms with Gasteiger partial charge in [0.25, 0.3) is 0 Å². The normalized spacial score (nSPS) is 32.2. The Labute approximate surface area is 182 Å². The van der Waals surface area contributed by atoms with Crippen LogP contribution in [0.1, 0.15) is 5.01 Å². The monoisotopic (exact) mass is 442 g/mol. The largest absolute Gasteiger partial charge is 0.394 e. The molecule has 1 aromatic heterocycles. The predicted octanol–water partition coefficient (Wildman–Crippen LogP) is -0.399. The molecule has 0 aliphatic carbocycles. The number of hydrogen-bond acceptors (Lipinski definition) is 11. The van der Waals surface area contributed by atoms with E-state index in [1.165, 1.54) is 17.7 Å². The van der Waals surface area contributed by atoms with Gasteiger partial charge in [-0.25, -0.2) is 15.0 Å². The van der Waals surface area contributed by atoms with Crippen molar-refractivity contribution < 1.29 is 20.1 Å². The zero-order valence-corrected chi connectivity index (χ0v) is 17.3. The minimum atomic E-state index is -1.21. The minimum absolute atomic E-state index is 0.149. The highest BCUT2D eigenvalue weighted by Gasteiger charge is 2.50. The van der Waals surface area contributed by atoms with Crippen LogP contribution in [0.25, 0.3) is 11.3 Å². The van der Waals surface area contributed by atoms with Crippen LogP contribution >= 0.6 is 11.3 Å². The van der Waals surface area contributed by atoms with E-state index in [9.17, 15) is 15.3 Å². The Morgan fingerprint density at radius 1 is 1.23 bits per heavy atom. The molecule has 31 heavy (non-hydrogen) atoms. The number of aliphatic hydroxyl groups excluding tert-OH is 3. The topological polar surface area (TPSA) is 149 Å². The van der Waals surface area contributed by atoms with E-state index in [1.54, 1.807) is 4.90 Å². The molecule has 4 heterocycles. The van der Waals surface area contributed by atoms with Gasteiger partial charge in [-0.15, -0.1) is 11.3 Å². The molecule has 1 aromatic carbocycles. The Bertz CT molecular complexity index is 1060. The maximum atomic E-state index is 10.4. The van der Waals surface area contributed by atoms with Crippen LogP contribution in [0, 0.1) is 0 Å². The van der Waals surface area contributed by atoms with Crippen molar-refractivity contribution in [1.29, 1.82) is 0 Å². The summed E-state index contributed by atoms with van der Waals surface area (Å²) in [5.41, 5.74) is 7.86. The Morgan fingerprint density at radius 2 is 2.03 bits per heavy atom. The maximum absolute atomic E-state index is 10.4. The van der Waals surface area contributed by atoms with Crippen molar-refractivity contribution >= 4 is 29.2 Å². The molecule has 0 radical (unpaired) electrons. The van der Waals surface area contributed by atoms with Crippen molar-refractivity contribution in [3.05, 3.63) is 40.7 Å². The quantitative estimate of drug-likeness (QED) is 0.492. The summed E-state index contributed by atoms with van der Waals surface area (Å²) in [6, 6.07) is 9.89. The molecule has 1 unspecified atom stereocenters. The first-order valence-corrected chi connectivity index (χ1v) is 10.7. The molecule has 10 nitrogen and oxygen atoms in total. The van der Waals surface area contributed by atoms with Gasteiger partial charge in [-0.3, -0.25) is 4.99 Å². The van der Waals surface area contributed by atoms with Gasteiger partial charge in [0.15, 0.2) is 17.7 Å².